The van der Waals surface area contributed by atoms with Crippen LogP contribution in [0.1, 0.15) is 46.5 Å². The van der Waals surface area contributed by atoms with Gasteiger partial charge in [-0.1, -0.05) is 20.3 Å². The first-order valence-electron chi connectivity index (χ1n) is 7.59. The van der Waals surface area contributed by atoms with Gasteiger partial charge < -0.3 is 9.47 Å². The maximum atomic E-state index is 6.12. The van der Waals surface area contributed by atoms with Gasteiger partial charge in [0.2, 0.25) is 5.79 Å². The van der Waals surface area contributed by atoms with Gasteiger partial charge in [0.15, 0.2) is 11.9 Å². The van der Waals surface area contributed by atoms with Crippen molar-refractivity contribution < 1.29 is 52.0 Å². The van der Waals surface area contributed by atoms with Crippen LogP contribution in [0.3, 0.4) is 0 Å². The van der Waals surface area contributed by atoms with Crippen molar-refractivity contribution in [2.45, 2.75) is 64.1 Å². The Labute approximate surface area is 146 Å². The predicted molar refractivity (Wildman–Crippen MR) is 67.3 cm³/mol. The van der Waals surface area contributed by atoms with Crippen LogP contribution in [0.4, 0.5) is 0 Å². The average Bonchev–Trinajstić information content (AvgIpc) is 2.61. The molecular weight excluding hydrogens is 333 g/mol. The molecule has 4 saturated heterocycles. The van der Waals surface area contributed by atoms with E-state index in [0.717, 1.165) is 12.8 Å². The van der Waals surface area contributed by atoms with E-state index < -0.39 is 11.4 Å². The van der Waals surface area contributed by atoms with Gasteiger partial charge in [-0.3, -0.25) is 0 Å². The van der Waals surface area contributed by atoms with E-state index in [2.05, 4.69) is 13.8 Å². The molecular formula is C15H23O4Y-. The van der Waals surface area contributed by atoms with Crippen LogP contribution in [0.25, 0.3) is 0 Å². The maximum Gasteiger partial charge on any atom is 0.201 e. The van der Waals surface area contributed by atoms with Gasteiger partial charge in [-0.15, -0.1) is 5.92 Å². The fraction of sp³-hybridized carbons (Fsp3) is 0.933. The van der Waals surface area contributed by atoms with Gasteiger partial charge in [0, 0.05) is 39.1 Å². The quantitative estimate of drug-likeness (QED) is 0.494. The van der Waals surface area contributed by atoms with E-state index in [9.17, 15) is 0 Å². The molecule has 0 N–H and O–H groups in total. The second-order valence-corrected chi connectivity index (χ2v) is 7.04. The standard InChI is InChI=1S/C15H23O4.Y/c1-9-4-5-11-10(2)8-16-13-15(11)12(9)6-7-14(3,17-13)18-19-15;/h8-13H,4-7H2,1-3H3;/q-1;/t9?,10?,11?,12?,13?,14-,15+;/m1./s1. The molecule has 0 aromatic rings. The van der Waals surface area contributed by atoms with Crippen LogP contribution in [0.5, 0.6) is 0 Å². The smallest absolute Gasteiger partial charge is 0.201 e. The first kappa shape index (κ1) is 15.8. The number of ether oxygens (including phenoxy) is 2. The fourth-order valence-corrected chi connectivity index (χ4v) is 4.73. The van der Waals surface area contributed by atoms with Crippen molar-refractivity contribution in [2.75, 3.05) is 0 Å². The Morgan fingerprint density at radius 1 is 1.05 bits per heavy atom. The zero-order valence-corrected chi connectivity index (χ0v) is 15.3. The normalized spacial score (nSPS) is 57.5. The molecule has 7 atom stereocenters. The van der Waals surface area contributed by atoms with E-state index in [1.165, 1.54) is 12.8 Å². The van der Waals surface area contributed by atoms with Crippen LogP contribution in [0.15, 0.2) is 0 Å². The monoisotopic (exact) mass is 356 g/mol. The van der Waals surface area contributed by atoms with Crippen LogP contribution in [-0.2, 0) is 52.0 Å². The first-order valence-corrected chi connectivity index (χ1v) is 7.59. The summed E-state index contributed by atoms with van der Waals surface area (Å²) in [5, 5.41) is 0. The topological polar surface area (TPSA) is 36.9 Å². The Kier molecular flexibility index (Phi) is 4.15. The zero-order chi connectivity index (χ0) is 13.3. The molecule has 0 amide bonds. The van der Waals surface area contributed by atoms with Gasteiger partial charge in [-0.05, 0) is 37.5 Å². The summed E-state index contributed by atoms with van der Waals surface area (Å²) in [7, 11) is 0. The zero-order valence-electron chi connectivity index (χ0n) is 12.5. The summed E-state index contributed by atoms with van der Waals surface area (Å²) in [6.07, 6.45) is 4.11. The number of rotatable bonds is 0. The van der Waals surface area contributed by atoms with Crippen LogP contribution in [-0.4, -0.2) is 17.7 Å². The molecule has 5 rings (SSSR count). The van der Waals surface area contributed by atoms with E-state index in [1.807, 2.05) is 13.5 Å². The van der Waals surface area contributed by atoms with Crippen LogP contribution >= 0.6 is 0 Å². The minimum absolute atomic E-state index is 0. The Balaban J connectivity index is 0.00000121. The molecule has 1 spiro atoms. The van der Waals surface area contributed by atoms with Crippen molar-refractivity contribution >= 4 is 0 Å². The van der Waals surface area contributed by atoms with Crippen LogP contribution in [0.2, 0.25) is 0 Å². The molecule has 1 radical (unpaired) electrons. The molecule has 0 aromatic carbocycles. The first-order chi connectivity index (χ1) is 9.05. The van der Waals surface area contributed by atoms with E-state index >= 15 is 0 Å². The Hall–Kier alpha value is 0.944. The van der Waals surface area contributed by atoms with Crippen molar-refractivity contribution in [3.05, 3.63) is 6.61 Å². The summed E-state index contributed by atoms with van der Waals surface area (Å²) in [5.41, 5.74) is -0.401. The van der Waals surface area contributed by atoms with Gasteiger partial charge in [-0.25, -0.2) is 16.4 Å². The predicted octanol–water partition coefficient (Wildman–Crippen LogP) is 3.03. The van der Waals surface area contributed by atoms with Crippen LogP contribution in [0, 0.1) is 30.3 Å². The second-order valence-electron chi connectivity index (χ2n) is 7.04. The minimum atomic E-state index is -0.647. The molecule has 4 aliphatic heterocycles. The van der Waals surface area contributed by atoms with Crippen molar-refractivity contribution in [1.82, 2.24) is 0 Å². The average molecular weight is 356 g/mol. The Morgan fingerprint density at radius 3 is 2.65 bits per heavy atom. The minimum Gasteiger partial charge on any atom is -0.527 e. The van der Waals surface area contributed by atoms with Crippen LogP contribution < -0.4 is 0 Å². The molecule has 1 aliphatic carbocycles. The molecule has 5 aliphatic rings. The van der Waals surface area contributed by atoms with E-state index in [1.54, 1.807) is 0 Å². The molecule has 4 nitrogen and oxygen atoms in total. The molecule has 2 bridgehead atoms. The fourth-order valence-electron chi connectivity index (χ4n) is 4.73. The van der Waals surface area contributed by atoms with Crippen molar-refractivity contribution in [1.29, 1.82) is 0 Å². The number of fused-ring (bicyclic) bond motifs is 2. The van der Waals surface area contributed by atoms with Gasteiger partial charge in [-0.2, -0.15) is 0 Å². The Bertz CT molecular complexity index is 392. The summed E-state index contributed by atoms with van der Waals surface area (Å²) in [5.74, 6) is 1.29. The van der Waals surface area contributed by atoms with E-state index in [-0.39, 0.29) is 39.0 Å². The summed E-state index contributed by atoms with van der Waals surface area (Å²) in [4.78, 5) is 11.7. The van der Waals surface area contributed by atoms with E-state index in [0.29, 0.717) is 23.7 Å². The van der Waals surface area contributed by atoms with Gasteiger partial charge in [0.05, 0.1) is 0 Å². The summed E-state index contributed by atoms with van der Waals surface area (Å²) < 4.78 is 12.0. The summed E-state index contributed by atoms with van der Waals surface area (Å²) in [6, 6.07) is 0. The number of hydrogen-bond donors (Lipinski definition) is 0. The summed E-state index contributed by atoms with van der Waals surface area (Å²) >= 11 is 0. The SMILES string of the molecule is CC1[CH-]OC2O[C@@]3(C)CCC4C(C)CCC1[C@@]24OO3.[Y]. The maximum absolute atomic E-state index is 6.12. The molecule has 20 heavy (non-hydrogen) atoms. The van der Waals surface area contributed by atoms with Crippen molar-refractivity contribution in [3.63, 3.8) is 0 Å². The molecule has 111 valence electrons. The third-order valence-electron chi connectivity index (χ3n) is 5.83. The largest absolute Gasteiger partial charge is 0.527 e. The van der Waals surface area contributed by atoms with Crippen molar-refractivity contribution in [2.24, 2.45) is 23.7 Å². The Morgan fingerprint density at radius 2 is 1.85 bits per heavy atom. The van der Waals surface area contributed by atoms with Gasteiger partial charge >= 0.3 is 0 Å². The second kappa shape index (κ2) is 5.24. The molecule has 1 saturated carbocycles. The molecule has 0 aromatic heterocycles. The number of hydrogen-bond acceptors (Lipinski definition) is 4. The summed E-state index contributed by atoms with van der Waals surface area (Å²) in [6.45, 7) is 8.45. The third-order valence-corrected chi connectivity index (χ3v) is 5.83. The molecule has 5 unspecified atom stereocenters. The molecule has 5 heteroatoms. The van der Waals surface area contributed by atoms with E-state index in [4.69, 9.17) is 19.2 Å². The third kappa shape index (κ3) is 2.02. The molecule has 4 heterocycles. The van der Waals surface area contributed by atoms with Crippen molar-refractivity contribution in [3.8, 4) is 0 Å². The molecule has 5 fully saturated rings. The van der Waals surface area contributed by atoms with Gasteiger partial charge in [0.1, 0.15) is 0 Å². The van der Waals surface area contributed by atoms with Gasteiger partial charge in [0.25, 0.3) is 0 Å².